The van der Waals surface area contributed by atoms with E-state index in [4.69, 9.17) is 4.74 Å². The van der Waals surface area contributed by atoms with E-state index >= 15 is 0 Å². The van der Waals surface area contributed by atoms with Gasteiger partial charge in [-0.25, -0.2) is 4.39 Å². The number of hydrogen-bond acceptors (Lipinski definition) is 3. The number of hydrogen-bond donors (Lipinski definition) is 1. The Labute approximate surface area is 197 Å². The Bertz CT molecular complexity index is 995. The van der Waals surface area contributed by atoms with Gasteiger partial charge in [-0.3, -0.25) is 9.59 Å². The molecule has 0 heterocycles. The van der Waals surface area contributed by atoms with Crippen LogP contribution in [-0.4, -0.2) is 23.7 Å². The molecule has 34 heavy (non-hydrogen) atoms. The normalized spacial score (nSPS) is 13.8. The summed E-state index contributed by atoms with van der Waals surface area (Å²) in [7, 11) is 0. The second-order valence-corrected chi connectivity index (χ2v) is 9.29. The third-order valence-electron chi connectivity index (χ3n) is 5.37. The lowest BCUT2D eigenvalue weighted by Crippen LogP contribution is -2.34. The molecule has 4 nitrogen and oxygen atoms in total. The maximum absolute atomic E-state index is 14.4. The van der Waals surface area contributed by atoms with Gasteiger partial charge in [-0.2, -0.15) is 13.2 Å². The smallest absolute Gasteiger partial charge is 0.392 e. The van der Waals surface area contributed by atoms with Crippen molar-refractivity contribution in [2.24, 2.45) is 5.92 Å². The van der Waals surface area contributed by atoms with E-state index in [1.54, 1.807) is 32.9 Å². The Hall–Kier alpha value is -2.90. The molecule has 0 saturated carbocycles. The van der Waals surface area contributed by atoms with E-state index in [2.05, 4.69) is 5.32 Å². The van der Waals surface area contributed by atoms with Crippen molar-refractivity contribution in [3.8, 4) is 0 Å². The van der Waals surface area contributed by atoms with Crippen LogP contribution in [-0.2, 0) is 27.2 Å². The Morgan fingerprint density at radius 2 is 1.59 bits per heavy atom. The van der Waals surface area contributed by atoms with Gasteiger partial charge in [0.25, 0.3) is 0 Å². The van der Waals surface area contributed by atoms with Gasteiger partial charge in [0.1, 0.15) is 11.4 Å². The third kappa shape index (κ3) is 7.85. The molecule has 2 atom stereocenters. The SMILES string of the molecule is CCc1ccc([C@@H](C(=O)Nc2cc(CCC(=O)OC(C)(C)C)ccc2F)[C@@H](C)C(F)(F)F)cc1. The molecule has 0 aliphatic heterocycles. The van der Waals surface area contributed by atoms with Gasteiger partial charge in [-0.1, -0.05) is 44.2 Å². The van der Waals surface area contributed by atoms with E-state index in [0.29, 0.717) is 12.0 Å². The molecule has 0 radical (unpaired) electrons. The van der Waals surface area contributed by atoms with Crippen LogP contribution in [0.5, 0.6) is 0 Å². The fourth-order valence-corrected chi connectivity index (χ4v) is 3.49. The summed E-state index contributed by atoms with van der Waals surface area (Å²) in [6.45, 7) is 8.07. The lowest BCUT2D eigenvalue weighted by atomic mass is 9.85. The number of anilines is 1. The highest BCUT2D eigenvalue weighted by Gasteiger charge is 2.45. The lowest BCUT2D eigenvalue weighted by molar-refractivity contribution is -0.178. The second-order valence-electron chi connectivity index (χ2n) is 9.29. The zero-order valence-electron chi connectivity index (χ0n) is 20.1. The van der Waals surface area contributed by atoms with Crippen molar-refractivity contribution in [2.45, 2.75) is 71.6 Å². The summed E-state index contributed by atoms with van der Waals surface area (Å²) in [5.41, 5.74) is 0.775. The molecule has 0 spiro atoms. The largest absolute Gasteiger partial charge is 0.460 e. The predicted molar refractivity (Wildman–Crippen MR) is 123 cm³/mol. The fraction of sp³-hybridized carbons (Fsp3) is 0.462. The quantitative estimate of drug-likeness (QED) is 0.342. The summed E-state index contributed by atoms with van der Waals surface area (Å²) >= 11 is 0. The number of carbonyl (C=O) groups excluding carboxylic acids is 2. The van der Waals surface area contributed by atoms with Crippen LogP contribution in [0.4, 0.5) is 23.2 Å². The fourth-order valence-electron chi connectivity index (χ4n) is 3.49. The van der Waals surface area contributed by atoms with E-state index in [-0.39, 0.29) is 24.1 Å². The third-order valence-corrected chi connectivity index (χ3v) is 5.37. The predicted octanol–water partition coefficient (Wildman–Crippen LogP) is 6.58. The molecule has 0 unspecified atom stereocenters. The van der Waals surface area contributed by atoms with E-state index in [1.165, 1.54) is 24.3 Å². The van der Waals surface area contributed by atoms with Crippen LogP contribution in [0.2, 0.25) is 0 Å². The first-order valence-electron chi connectivity index (χ1n) is 11.2. The summed E-state index contributed by atoms with van der Waals surface area (Å²) in [5, 5.41) is 2.33. The Morgan fingerprint density at radius 1 is 1.00 bits per heavy atom. The van der Waals surface area contributed by atoms with Gasteiger partial charge in [0, 0.05) is 6.42 Å². The number of aryl methyl sites for hydroxylation is 2. The monoisotopic (exact) mass is 481 g/mol. The van der Waals surface area contributed by atoms with Crippen molar-refractivity contribution in [1.82, 2.24) is 0 Å². The van der Waals surface area contributed by atoms with Gasteiger partial charge in [-0.05, 0) is 62.4 Å². The number of halogens is 4. The van der Waals surface area contributed by atoms with Gasteiger partial charge in [0.2, 0.25) is 5.91 Å². The molecule has 2 aromatic rings. The van der Waals surface area contributed by atoms with E-state index in [0.717, 1.165) is 18.6 Å². The van der Waals surface area contributed by atoms with Gasteiger partial charge in [0.15, 0.2) is 0 Å². The first kappa shape index (κ1) is 27.3. The summed E-state index contributed by atoms with van der Waals surface area (Å²) in [6, 6.07) is 10.2. The molecule has 0 bridgehead atoms. The Kier molecular flexibility index (Phi) is 8.86. The average molecular weight is 482 g/mol. The molecule has 2 aromatic carbocycles. The second kappa shape index (κ2) is 11.0. The maximum atomic E-state index is 14.4. The molecule has 8 heteroatoms. The summed E-state index contributed by atoms with van der Waals surface area (Å²) in [6.07, 6.45) is -3.67. The molecular formula is C26H31F4NO3. The van der Waals surface area contributed by atoms with Gasteiger partial charge < -0.3 is 10.1 Å². The van der Waals surface area contributed by atoms with Crippen molar-refractivity contribution in [3.05, 3.63) is 65.0 Å². The van der Waals surface area contributed by atoms with Crippen LogP contribution >= 0.6 is 0 Å². The van der Waals surface area contributed by atoms with Gasteiger partial charge >= 0.3 is 12.1 Å². The van der Waals surface area contributed by atoms with Crippen LogP contribution in [0, 0.1) is 11.7 Å². The minimum absolute atomic E-state index is 0.0355. The van der Waals surface area contributed by atoms with E-state index in [1.807, 2.05) is 6.92 Å². The molecule has 0 aromatic heterocycles. The lowest BCUT2D eigenvalue weighted by Gasteiger charge is -2.26. The van der Waals surface area contributed by atoms with Crippen molar-refractivity contribution < 1.29 is 31.9 Å². The number of ether oxygens (including phenoxy) is 1. The number of benzene rings is 2. The van der Waals surface area contributed by atoms with Crippen molar-refractivity contribution in [1.29, 1.82) is 0 Å². The topological polar surface area (TPSA) is 55.4 Å². The van der Waals surface area contributed by atoms with E-state index in [9.17, 15) is 27.2 Å². The standard InChI is InChI=1S/C26H31F4NO3/c1-6-17-7-11-19(12-8-17)23(16(2)26(28,29)30)24(33)31-21-15-18(9-13-20(21)27)10-14-22(32)34-25(3,4)5/h7-9,11-13,15-16,23H,6,10,14H2,1-5H3,(H,31,33)/t16-,23+/m1/s1. The van der Waals surface area contributed by atoms with Crippen molar-refractivity contribution in [3.63, 3.8) is 0 Å². The van der Waals surface area contributed by atoms with Crippen LogP contribution in [0.1, 0.15) is 63.6 Å². The Balaban J connectivity index is 2.25. The maximum Gasteiger partial charge on any atom is 0.392 e. The van der Waals surface area contributed by atoms with Gasteiger partial charge in [-0.15, -0.1) is 0 Å². The molecule has 0 saturated heterocycles. The highest BCUT2D eigenvalue weighted by Crippen LogP contribution is 2.38. The molecule has 186 valence electrons. The minimum Gasteiger partial charge on any atom is -0.460 e. The number of esters is 1. The number of rotatable bonds is 8. The van der Waals surface area contributed by atoms with Crippen molar-refractivity contribution >= 4 is 17.6 Å². The molecule has 2 rings (SSSR count). The number of nitrogens with one attached hydrogen (secondary N) is 1. The summed E-state index contributed by atoms with van der Waals surface area (Å²) in [4.78, 5) is 24.9. The molecule has 1 amide bonds. The first-order valence-corrected chi connectivity index (χ1v) is 11.2. The van der Waals surface area contributed by atoms with Crippen LogP contribution < -0.4 is 5.32 Å². The Morgan fingerprint density at radius 3 is 2.12 bits per heavy atom. The molecule has 1 N–H and O–H groups in total. The zero-order valence-corrected chi connectivity index (χ0v) is 20.1. The van der Waals surface area contributed by atoms with Crippen LogP contribution in [0.3, 0.4) is 0 Å². The van der Waals surface area contributed by atoms with E-state index < -0.39 is 41.3 Å². The van der Waals surface area contributed by atoms with Gasteiger partial charge in [0.05, 0.1) is 17.5 Å². The van der Waals surface area contributed by atoms with Crippen molar-refractivity contribution in [2.75, 3.05) is 5.32 Å². The number of alkyl halides is 3. The molecular weight excluding hydrogens is 450 g/mol. The van der Waals surface area contributed by atoms with Crippen LogP contribution in [0.25, 0.3) is 0 Å². The molecule has 0 aliphatic carbocycles. The highest BCUT2D eigenvalue weighted by atomic mass is 19.4. The molecule has 0 fully saturated rings. The van der Waals surface area contributed by atoms with Crippen LogP contribution in [0.15, 0.2) is 42.5 Å². The minimum atomic E-state index is -4.63. The highest BCUT2D eigenvalue weighted by molar-refractivity contribution is 5.96. The zero-order chi connectivity index (χ0) is 25.7. The average Bonchev–Trinajstić information content (AvgIpc) is 2.73. The summed E-state index contributed by atoms with van der Waals surface area (Å²) < 4.78 is 60.4. The number of amides is 1. The number of carbonyl (C=O) groups is 2. The summed E-state index contributed by atoms with van der Waals surface area (Å²) in [5.74, 6) is -5.72. The molecule has 0 aliphatic rings. The first-order chi connectivity index (χ1) is 15.7.